The Balaban J connectivity index is 2.81. The summed E-state index contributed by atoms with van der Waals surface area (Å²) in [6.45, 7) is 7.60. The molecule has 0 fully saturated rings. The van der Waals surface area contributed by atoms with Crippen molar-refractivity contribution in [1.82, 2.24) is 10.3 Å². The van der Waals surface area contributed by atoms with E-state index in [1.54, 1.807) is 13.8 Å². The molecule has 0 aliphatic rings. The number of aryl methyl sites for hydroxylation is 2. The summed E-state index contributed by atoms with van der Waals surface area (Å²) in [5, 5.41) is 3.86. The Kier molecular flexibility index (Phi) is 4.74. The van der Waals surface area contributed by atoms with Crippen LogP contribution in [0.15, 0.2) is 4.42 Å². The predicted octanol–water partition coefficient (Wildman–Crippen LogP) is 2.97. The fourth-order valence-electron chi connectivity index (χ4n) is 1.61. The van der Waals surface area contributed by atoms with E-state index in [-0.39, 0.29) is 11.4 Å². The predicted molar refractivity (Wildman–Crippen MR) is 70.6 cm³/mol. The maximum atomic E-state index is 12.1. The number of amides is 1. The van der Waals surface area contributed by atoms with Crippen LogP contribution in [-0.2, 0) is 0 Å². The van der Waals surface area contributed by atoms with Gasteiger partial charge in [0, 0.05) is 17.8 Å². The summed E-state index contributed by atoms with van der Waals surface area (Å²) in [6, 6.07) is 0. The first kappa shape index (κ1) is 14.2. The third-order valence-corrected chi connectivity index (χ3v) is 3.35. The number of oxazole rings is 1. The standard InChI is InChI=1S/C12H19BrN2O2/c1-5-12(4,6-7-13)15-11(16)10-8(2)14-9(3)17-10/h5-7H2,1-4H3,(H,15,16). The number of hydrogen-bond donors (Lipinski definition) is 1. The minimum Gasteiger partial charge on any atom is -0.436 e. The molecule has 96 valence electrons. The number of carbonyl (C=O) groups excluding carboxylic acids is 1. The van der Waals surface area contributed by atoms with Crippen molar-refractivity contribution < 1.29 is 9.21 Å². The van der Waals surface area contributed by atoms with Gasteiger partial charge in [-0.3, -0.25) is 4.79 Å². The molecule has 5 heteroatoms. The number of alkyl halides is 1. The first-order valence-corrected chi connectivity index (χ1v) is 6.86. The van der Waals surface area contributed by atoms with Crippen molar-refractivity contribution >= 4 is 21.8 Å². The van der Waals surface area contributed by atoms with Crippen molar-refractivity contribution in [2.75, 3.05) is 5.33 Å². The van der Waals surface area contributed by atoms with Crippen molar-refractivity contribution in [3.05, 3.63) is 17.3 Å². The van der Waals surface area contributed by atoms with Crippen LogP contribution >= 0.6 is 15.9 Å². The minimum absolute atomic E-state index is 0.187. The second-order valence-corrected chi connectivity index (χ2v) is 5.25. The monoisotopic (exact) mass is 302 g/mol. The lowest BCUT2D eigenvalue weighted by Crippen LogP contribution is -2.45. The van der Waals surface area contributed by atoms with E-state index in [1.165, 1.54) is 0 Å². The zero-order valence-corrected chi connectivity index (χ0v) is 12.3. The van der Waals surface area contributed by atoms with E-state index in [9.17, 15) is 4.79 Å². The lowest BCUT2D eigenvalue weighted by Gasteiger charge is -2.28. The van der Waals surface area contributed by atoms with Crippen LogP contribution in [0.4, 0.5) is 0 Å². The van der Waals surface area contributed by atoms with Gasteiger partial charge in [0.25, 0.3) is 5.91 Å². The molecule has 0 saturated carbocycles. The van der Waals surface area contributed by atoms with Crippen molar-refractivity contribution in [3.63, 3.8) is 0 Å². The largest absolute Gasteiger partial charge is 0.436 e. The highest BCUT2D eigenvalue weighted by Crippen LogP contribution is 2.18. The van der Waals surface area contributed by atoms with Gasteiger partial charge >= 0.3 is 0 Å². The molecule has 1 rings (SSSR count). The van der Waals surface area contributed by atoms with E-state index in [2.05, 4.69) is 33.2 Å². The van der Waals surface area contributed by atoms with E-state index in [0.717, 1.165) is 18.2 Å². The van der Waals surface area contributed by atoms with Gasteiger partial charge in [-0.1, -0.05) is 22.9 Å². The fourth-order valence-corrected chi connectivity index (χ4v) is 2.48. The summed E-state index contributed by atoms with van der Waals surface area (Å²) in [6.07, 6.45) is 1.75. The molecule has 0 aliphatic heterocycles. The van der Waals surface area contributed by atoms with E-state index < -0.39 is 0 Å². The third-order valence-electron chi connectivity index (χ3n) is 2.95. The second kappa shape index (κ2) is 5.67. The van der Waals surface area contributed by atoms with Crippen LogP contribution < -0.4 is 5.32 Å². The Labute approximate surface area is 110 Å². The highest BCUT2D eigenvalue weighted by Gasteiger charge is 2.26. The van der Waals surface area contributed by atoms with E-state index in [1.807, 2.05) is 6.92 Å². The van der Waals surface area contributed by atoms with Crippen LogP contribution in [0.1, 0.15) is 48.8 Å². The molecule has 1 aromatic heterocycles. The molecule has 0 spiro atoms. The Morgan fingerprint density at radius 2 is 2.18 bits per heavy atom. The lowest BCUT2D eigenvalue weighted by atomic mass is 9.95. The minimum atomic E-state index is -0.215. The van der Waals surface area contributed by atoms with Gasteiger partial charge in [0.15, 0.2) is 5.89 Å². The van der Waals surface area contributed by atoms with Gasteiger partial charge in [0.1, 0.15) is 0 Å². The second-order valence-electron chi connectivity index (χ2n) is 4.45. The van der Waals surface area contributed by atoms with Crippen LogP contribution in [0.2, 0.25) is 0 Å². The van der Waals surface area contributed by atoms with Gasteiger partial charge in [-0.25, -0.2) is 4.98 Å². The van der Waals surface area contributed by atoms with Gasteiger partial charge in [-0.15, -0.1) is 0 Å². The molecular weight excluding hydrogens is 284 g/mol. The number of carbonyl (C=O) groups is 1. The van der Waals surface area contributed by atoms with Crippen LogP contribution in [0.3, 0.4) is 0 Å². The Morgan fingerprint density at radius 3 is 2.59 bits per heavy atom. The first-order valence-electron chi connectivity index (χ1n) is 5.74. The fraction of sp³-hybridized carbons (Fsp3) is 0.667. The number of halogens is 1. The normalized spacial score (nSPS) is 14.4. The molecular formula is C12H19BrN2O2. The van der Waals surface area contributed by atoms with Crippen molar-refractivity contribution in [1.29, 1.82) is 0 Å². The first-order chi connectivity index (χ1) is 7.91. The molecule has 1 heterocycles. The molecule has 4 nitrogen and oxygen atoms in total. The highest BCUT2D eigenvalue weighted by atomic mass is 79.9. The summed E-state index contributed by atoms with van der Waals surface area (Å²) >= 11 is 3.40. The number of nitrogens with zero attached hydrogens (tertiary/aromatic N) is 1. The quantitative estimate of drug-likeness (QED) is 0.851. The van der Waals surface area contributed by atoms with Crippen LogP contribution in [0, 0.1) is 13.8 Å². The average molecular weight is 303 g/mol. The van der Waals surface area contributed by atoms with Gasteiger partial charge in [0.2, 0.25) is 5.76 Å². The molecule has 1 N–H and O–H groups in total. The zero-order chi connectivity index (χ0) is 13.1. The van der Waals surface area contributed by atoms with E-state index >= 15 is 0 Å². The summed E-state index contributed by atoms with van der Waals surface area (Å²) in [5.41, 5.74) is 0.422. The number of hydrogen-bond acceptors (Lipinski definition) is 3. The maximum Gasteiger partial charge on any atom is 0.289 e. The number of aromatic nitrogens is 1. The van der Waals surface area contributed by atoms with Gasteiger partial charge in [-0.2, -0.15) is 0 Å². The van der Waals surface area contributed by atoms with Gasteiger partial charge < -0.3 is 9.73 Å². The summed E-state index contributed by atoms with van der Waals surface area (Å²) in [7, 11) is 0. The Bertz CT molecular complexity index is 403. The molecule has 1 atom stereocenters. The SMILES string of the molecule is CCC(C)(CCBr)NC(=O)c1oc(C)nc1C. The highest BCUT2D eigenvalue weighted by molar-refractivity contribution is 9.09. The molecule has 1 amide bonds. The smallest absolute Gasteiger partial charge is 0.289 e. The number of nitrogens with one attached hydrogen (secondary N) is 1. The van der Waals surface area contributed by atoms with Crippen LogP contribution in [0.25, 0.3) is 0 Å². The molecule has 0 saturated heterocycles. The maximum absolute atomic E-state index is 12.1. The molecule has 1 aromatic rings. The lowest BCUT2D eigenvalue weighted by molar-refractivity contribution is 0.0871. The molecule has 0 aliphatic carbocycles. The summed E-state index contributed by atoms with van der Waals surface area (Å²) < 4.78 is 5.31. The third kappa shape index (κ3) is 3.56. The molecule has 0 radical (unpaired) electrons. The topological polar surface area (TPSA) is 55.1 Å². The van der Waals surface area contributed by atoms with Gasteiger partial charge in [0.05, 0.1) is 5.69 Å². The van der Waals surface area contributed by atoms with Crippen LogP contribution in [0.5, 0.6) is 0 Å². The van der Waals surface area contributed by atoms with Gasteiger partial charge in [-0.05, 0) is 26.7 Å². The average Bonchev–Trinajstić information content (AvgIpc) is 2.58. The number of rotatable bonds is 5. The Hall–Kier alpha value is -0.840. The molecule has 17 heavy (non-hydrogen) atoms. The van der Waals surface area contributed by atoms with Crippen LogP contribution in [-0.4, -0.2) is 21.8 Å². The Morgan fingerprint density at radius 1 is 1.53 bits per heavy atom. The summed E-state index contributed by atoms with van der Waals surface area (Å²) in [5.74, 6) is 0.650. The van der Waals surface area contributed by atoms with Crippen molar-refractivity contribution in [2.24, 2.45) is 0 Å². The summed E-state index contributed by atoms with van der Waals surface area (Å²) in [4.78, 5) is 16.2. The van der Waals surface area contributed by atoms with E-state index in [0.29, 0.717) is 17.3 Å². The van der Waals surface area contributed by atoms with Crippen molar-refractivity contribution in [3.8, 4) is 0 Å². The molecule has 0 aromatic carbocycles. The molecule has 1 unspecified atom stereocenters. The zero-order valence-electron chi connectivity index (χ0n) is 10.8. The van der Waals surface area contributed by atoms with Crippen molar-refractivity contribution in [2.45, 2.75) is 46.1 Å². The molecule has 0 bridgehead atoms. The van der Waals surface area contributed by atoms with E-state index in [4.69, 9.17) is 4.42 Å².